The molecule has 0 radical (unpaired) electrons. The number of fused-ring (bicyclic) bond motifs is 1. The van der Waals surface area contributed by atoms with Gasteiger partial charge in [0.2, 0.25) is 5.89 Å². The maximum Gasteiger partial charge on any atom is 0.336 e. The van der Waals surface area contributed by atoms with Gasteiger partial charge in [0.15, 0.2) is 0 Å². The smallest absolute Gasteiger partial charge is 0.336 e. The molecule has 0 aliphatic carbocycles. The van der Waals surface area contributed by atoms with Gasteiger partial charge in [0, 0.05) is 26.3 Å². The lowest BCUT2D eigenvalue weighted by Crippen LogP contribution is -2.26. The number of imidazole rings is 1. The fourth-order valence-corrected chi connectivity index (χ4v) is 4.83. The quantitative estimate of drug-likeness (QED) is 0.621. The van der Waals surface area contributed by atoms with Crippen molar-refractivity contribution in [3.63, 3.8) is 0 Å². The summed E-state index contributed by atoms with van der Waals surface area (Å²) in [5.74, 6) is 1.99. The number of para-hydroxylation sites is 2. The summed E-state index contributed by atoms with van der Waals surface area (Å²) in [4.78, 5) is 20.1. The molecule has 0 spiro atoms. The lowest BCUT2D eigenvalue weighted by Gasteiger charge is -2.24. The van der Waals surface area contributed by atoms with Crippen molar-refractivity contribution < 1.29 is 9.26 Å². The minimum absolute atomic E-state index is 0.129. The summed E-state index contributed by atoms with van der Waals surface area (Å²) in [5, 5.41) is 4.17. The maximum atomic E-state index is 12.9. The third kappa shape index (κ3) is 3.58. The minimum Gasteiger partial charge on any atom is -0.381 e. The molecule has 2 fully saturated rings. The highest BCUT2D eigenvalue weighted by molar-refractivity contribution is 5.77. The van der Waals surface area contributed by atoms with Crippen molar-refractivity contribution in [1.82, 2.24) is 24.2 Å². The molecule has 2 aliphatic heterocycles. The van der Waals surface area contributed by atoms with Crippen molar-refractivity contribution in [2.45, 2.75) is 45.1 Å². The Balaban J connectivity index is 1.30. The zero-order chi connectivity index (χ0) is 20.5. The fraction of sp³-hybridized carbons (Fsp3) is 0.591. The van der Waals surface area contributed by atoms with E-state index in [1.54, 1.807) is 9.13 Å². The van der Waals surface area contributed by atoms with Gasteiger partial charge >= 0.3 is 5.69 Å². The number of aromatic nitrogens is 4. The summed E-state index contributed by atoms with van der Waals surface area (Å²) in [6.07, 6.45) is 4.62. The van der Waals surface area contributed by atoms with Crippen molar-refractivity contribution in [3.05, 3.63) is 40.6 Å². The Kier molecular flexibility index (Phi) is 5.43. The predicted molar refractivity (Wildman–Crippen MR) is 113 cm³/mol. The lowest BCUT2D eigenvalue weighted by molar-refractivity contribution is 0.0609. The van der Waals surface area contributed by atoms with E-state index in [9.17, 15) is 4.79 Å². The van der Waals surface area contributed by atoms with Crippen LogP contribution in [0.5, 0.6) is 0 Å². The van der Waals surface area contributed by atoms with E-state index in [1.165, 1.54) is 19.3 Å². The summed E-state index contributed by atoms with van der Waals surface area (Å²) in [5.41, 5.74) is 1.56. The first-order valence-corrected chi connectivity index (χ1v) is 11.1. The number of hydrogen-bond acceptors (Lipinski definition) is 6. The first kappa shape index (κ1) is 19.5. The molecule has 2 saturated heterocycles. The molecule has 8 heteroatoms. The van der Waals surface area contributed by atoms with Gasteiger partial charge in [-0.1, -0.05) is 12.1 Å². The first-order valence-electron chi connectivity index (χ1n) is 11.1. The molecule has 30 heavy (non-hydrogen) atoms. The van der Waals surface area contributed by atoms with Gasteiger partial charge in [0.05, 0.1) is 17.0 Å². The van der Waals surface area contributed by atoms with Crippen LogP contribution >= 0.6 is 0 Å². The molecule has 4 heterocycles. The topological polar surface area (TPSA) is 78.3 Å². The van der Waals surface area contributed by atoms with Crippen LogP contribution in [-0.4, -0.2) is 57.0 Å². The van der Waals surface area contributed by atoms with E-state index in [2.05, 4.69) is 15.0 Å². The molecule has 0 amide bonds. The molecular formula is C22H29N5O3. The van der Waals surface area contributed by atoms with E-state index in [1.807, 2.05) is 31.2 Å². The molecule has 0 N–H and O–H groups in total. The van der Waals surface area contributed by atoms with Crippen LogP contribution in [0.2, 0.25) is 0 Å². The number of rotatable bonds is 6. The highest BCUT2D eigenvalue weighted by atomic mass is 16.5. The van der Waals surface area contributed by atoms with Gasteiger partial charge in [0.1, 0.15) is 0 Å². The van der Waals surface area contributed by atoms with Gasteiger partial charge in [-0.3, -0.25) is 4.57 Å². The third-order valence-electron chi connectivity index (χ3n) is 6.60. The average molecular weight is 412 g/mol. The Morgan fingerprint density at radius 1 is 1.13 bits per heavy atom. The van der Waals surface area contributed by atoms with Gasteiger partial charge in [0.25, 0.3) is 5.95 Å². The van der Waals surface area contributed by atoms with Gasteiger partial charge in [-0.2, -0.15) is 4.98 Å². The number of hydrogen-bond donors (Lipinski definition) is 0. The van der Waals surface area contributed by atoms with Gasteiger partial charge in [-0.05, 0) is 68.9 Å². The zero-order valence-corrected chi connectivity index (χ0v) is 17.5. The number of nitrogens with zero attached hydrogens (tertiary/aromatic N) is 5. The van der Waals surface area contributed by atoms with Crippen LogP contribution in [0, 0.1) is 5.92 Å². The van der Waals surface area contributed by atoms with Crippen molar-refractivity contribution >= 4 is 11.0 Å². The molecule has 2 aliphatic rings. The van der Waals surface area contributed by atoms with Crippen LogP contribution in [0.1, 0.15) is 44.4 Å². The standard InChI is InChI=1S/C22H29N5O3/c1-2-26-18-5-3-4-6-19(18)27(22(26)28)21-23-20(30-24-21)17-8-12-25(15-17)11-7-16-9-13-29-14-10-16/h3-6,16-17H,2,7-15H2,1H3. The number of ether oxygens (including phenoxy) is 1. The average Bonchev–Trinajstić information content (AvgIpc) is 3.50. The summed E-state index contributed by atoms with van der Waals surface area (Å²) >= 11 is 0. The predicted octanol–water partition coefficient (Wildman–Crippen LogP) is 2.80. The van der Waals surface area contributed by atoms with Crippen LogP contribution in [-0.2, 0) is 11.3 Å². The highest BCUT2D eigenvalue weighted by Gasteiger charge is 2.29. The van der Waals surface area contributed by atoms with Crippen LogP contribution < -0.4 is 5.69 Å². The molecule has 160 valence electrons. The van der Waals surface area contributed by atoms with Gasteiger partial charge in [-0.15, -0.1) is 0 Å². The highest BCUT2D eigenvalue weighted by Crippen LogP contribution is 2.28. The normalized spacial score (nSPS) is 21.0. The van der Waals surface area contributed by atoms with E-state index >= 15 is 0 Å². The largest absolute Gasteiger partial charge is 0.381 e. The van der Waals surface area contributed by atoms with E-state index in [-0.39, 0.29) is 11.6 Å². The summed E-state index contributed by atoms with van der Waals surface area (Å²) < 4.78 is 14.4. The Bertz CT molecular complexity index is 1060. The number of benzene rings is 1. The molecule has 0 bridgehead atoms. The Labute approximate surface area is 175 Å². The van der Waals surface area contributed by atoms with E-state index in [0.717, 1.165) is 56.2 Å². The molecule has 3 aromatic rings. The van der Waals surface area contributed by atoms with Crippen LogP contribution in [0.15, 0.2) is 33.6 Å². The fourth-order valence-electron chi connectivity index (χ4n) is 4.83. The Hall–Kier alpha value is -2.45. The van der Waals surface area contributed by atoms with Crippen molar-refractivity contribution in [2.24, 2.45) is 5.92 Å². The Morgan fingerprint density at radius 3 is 2.73 bits per heavy atom. The molecule has 1 unspecified atom stereocenters. The molecule has 5 rings (SSSR count). The summed E-state index contributed by atoms with van der Waals surface area (Å²) in [6, 6.07) is 7.73. The van der Waals surface area contributed by atoms with Crippen molar-refractivity contribution in [1.29, 1.82) is 0 Å². The van der Waals surface area contributed by atoms with Crippen LogP contribution in [0.25, 0.3) is 17.0 Å². The molecule has 1 atom stereocenters. The van der Waals surface area contributed by atoms with E-state index in [4.69, 9.17) is 9.26 Å². The Morgan fingerprint density at radius 2 is 1.93 bits per heavy atom. The second-order valence-electron chi connectivity index (χ2n) is 8.41. The number of aryl methyl sites for hydroxylation is 1. The second kappa shape index (κ2) is 8.35. The van der Waals surface area contributed by atoms with Crippen molar-refractivity contribution in [3.8, 4) is 5.95 Å². The van der Waals surface area contributed by atoms with Gasteiger partial charge < -0.3 is 14.2 Å². The van der Waals surface area contributed by atoms with E-state index < -0.39 is 0 Å². The van der Waals surface area contributed by atoms with E-state index in [0.29, 0.717) is 18.4 Å². The monoisotopic (exact) mass is 411 g/mol. The molecule has 0 saturated carbocycles. The zero-order valence-electron chi connectivity index (χ0n) is 17.5. The molecule has 1 aromatic carbocycles. The molecule has 2 aromatic heterocycles. The summed E-state index contributed by atoms with van der Waals surface area (Å²) in [7, 11) is 0. The van der Waals surface area contributed by atoms with Crippen molar-refractivity contribution in [2.75, 3.05) is 32.8 Å². The number of likely N-dealkylation sites (tertiary alicyclic amines) is 1. The lowest BCUT2D eigenvalue weighted by atomic mass is 9.96. The molecule has 8 nitrogen and oxygen atoms in total. The SMILES string of the molecule is CCn1c(=O)n(-c2noc(C3CCN(CCC4CCOCC4)C3)n2)c2ccccc21. The van der Waals surface area contributed by atoms with Crippen LogP contribution in [0.3, 0.4) is 0 Å². The minimum atomic E-state index is -0.129. The third-order valence-corrected chi connectivity index (χ3v) is 6.60. The second-order valence-corrected chi connectivity index (χ2v) is 8.41. The first-order chi connectivity index (χ1) is 14.7. The van der Waals surface area contributed by atoms with Gasteiger partial charge in [-0.25, -0.2) is 9.36 Å². The maximum absolute atomic E-state index is 12.9. The van der Waals surface area contributed by atoms with Crippen LogP contribution in [0.4, 0.5) is 0 Å². The summed E-state index contributed by atoms with van der Waals surface area (Å²) in [6.45, 7) is 7.50. The molecular weight excluding hydrogens is 382 g/mol.